The van der Waals surface area contributed by atoms with Crippen LogP contribution in [0.15, 0.2) is 72.8 Å². The molecule has 38 heavy (non-hydrogen) atoms. The predicted octanol–water partition coefficient (Wildman–Crippen LogP) is 9.13. The van der Waals surface area contributed by atoms with Gasteiger partial charge in [0.2, 0.25) is 0 Å². The van der Waals surface area contributed by atoms with Gasteiger partial charge in [-0.05, 0) is 20.7 Å². The highest BCUT2D eigenvalue weighted by atomic mass is 29.3. The van der Waals surface area contributed by atoms with Gasteiger partial charge in [-0.3, -0.25) is 0 Å². The van der Waals surface area contributed by atoms with Gasteiger partial charge in [0.1, 0.15) is 0 Å². The van der Waals surface area contributed by atoms with Crippen LogP contribution in [0.3, 0.4) is 0 Å². The molecule has 2 aromatic rings. The third-order valence-electron chi connectivity index (χ3n) is 11.7. The van der Waals surface area contributed by atoms with Crippen LogP contribution in [0.25, 0.3) is 0 Å². The van der Waals surface area contributed by atoms with Crippen molar-refractivity contribution in [2.75, 3.05) is 0 Å². The molecule has 1 saturated heterocycles. The summed E-state index contributed by atoms with van der Waals surface area (Å²) in [5.74, 6) is 0. The molecule has 4 rings (SSSR count). The lowest BCUT2D eigenvalue weighted by Crippen LogP contribution is -2.95. The van der Waals surface area contributed by atoms with Gasteiger partial charge in [0, 0.05) is 32.3 Å². The minimum absolute atomic E-state index is 0.573. The molecular formula is C32H56Si6. The van der Waals surface area contributed by atoms with E-state index in [0.717, 1.165) is 0 Å². The first-order valence-corrected chi connectivity index (χ1v) is 34.5. The molecule has 2 aliphatic heterocycles. The molecule has 0 aliphatic carbocycles. The number of allylic oxidation sites excluding steroid dienone is 2. The van der Waals surface area contributed by atoms with E-state index in [9.17, 15) is 0 Å². The molecule has 6 heteroatoms. The fourth-order valence-corrected chi connectivity index (χ4v) is 98.7. The maximum Gasteiger partial charge on any atom is 0.0904 e. The molecule has 0 bridgehead atoms. The summed E-state index contributed by atoms with van der Waals surface area (Å²) in [6, 6.07) is 27.7. The van der Waals surface area contributed by atoms with Crippen molar-refractivity contribution in [3.63, 3.8) is 0 Å². The van der Waals surface area contributed by atoms with Gasteiger partial charge in [-0.1, -0.05) is 175 Å². The summed E-state index contributed by atoms with van der Waals surface area (Å²) in [5.41, 5.74) is 0. The SMILES string of the molecule is C[Si](C)(C)C1([Si](C)(C)C)CCC([Si](C)(C)C)([Si](C)(C)C)[Si]2(c3ccccc3)CC=CC[Si]12c1ccccc1. The first kappa shape index (κ1) is 30.4. The van der Waals surface area contributed by atoms with Crippen LogP contribution in [0.1, 0.15) is 12.8 Å². The normalized spacial score (nSPS) is 27.6. The average molecular weight is 609 g/mol. The Morgan fingerprint density at radius 1 is 0.447 bits per heavy atom. The van der Waals surface area contributed by atoms with Gasteiger partial charge in [-0.15, -0.1) is 0 Å². The summed E-state index contributed by atoms with van der Waals surface area (Å²) in [7, 11) is -10.7. The van der Waals surface area contributed by atoms with E-state index in [1.165, 1.54) is 24.9 Å². The van der Waals surface area contributed by atoms with Crippen molar-refractivity contribution in [2.45, 2.75) is 112 Å². The van der Waals surface area contributed by atoms with Crippen molar-refractivity contribution in [2.24, 2.45) is 0 Å². The Labute approximate surface area is 241 Å². The lowest BCUT2D eigenvalue weighted by atomic mass is 10.3. The molecule has 2 atom stereocenters. The van der Waals surface area contributed by atoms with E-state index in [1.807, 2.05) is 10.4 Å². The number of hydrogen-bond donors (Lipinski definition) is 0. The minimum Gasteiger partial charge on any atom is -0.0914 e. The van der Waals surface area contributed by atoms with Gasteiger partial charge in [0.15, 0.2) is 0 Å². The zero-order valence-corrected chi connectivity index (χ0v) is 32.8. The second-order valence-corrected chi connectivity index (χ2v) is 53.6. The summed E-state index contributed by atoms with van der Waals surface area (Å²) in [6.45, 7) is 33.7. The Morgan fingerprint density at radius 3 is 0.947 bits per heavy atom. The third kappa shape index (κ3) is 3.72. The molecular weight excluding hydrogens is 553 g/mol. The second-order valence-electron chi connectivity index (χ2n) is 16.7. The predicted molar refractivity (Wildman–Crippen MR) is 190 cm³/mol. The van der Waals surface area contributed by atoms with Crippen molar-refractivity contribution in [1.29, 1.82) is 0 Å². The topological polar surface area (TPSA) is 0 Å². The third-order valence-corrected chi connectivity index (χ3v) is 68.2. The zero-order valence-electron chi connectivity index (χ0n) is 26.8. The standard InChI is InChI=1S/C32H56Si6/c1-33(2,3)31(34(4,5)6)25-26-32(35(7,8)9,36(10,11)12)38(30-23-17-14-18-24-30)28-20-19-27-37(31,38)29-21-15-13-16-22-29/h13-24H,25-28H2,1-12H3. The largest absolute Gasteiger partial charge is 0.0914 e. The molecule has 2 aliphatic rings. The number of benzene rings is 2. The van der Waals surface area contributed by atoms with Crippen LogP contribution in [0, 0.1) is 0 Å². The average Bonchev–Trinajstić information content (AvgIpc) is 2.81. The van der Waals surface area contributed by atoms with Crippen LogP contribution >= 0.6 is 0 Å². The Balaban J connectivity index is 2.40. The molecule has 2 heterocycles. The Kier molecular flexibility index (Phi) is 7.62. The smallest absolute Gasteiger partial charge is 0.0904 e. The lowest BCUT2D eigenvalue weighted by molar-refractivity contribution is 0.651. The highest BCUT2D eigenvalue weighted by Gasteiger charge is 2.83. The van der Waals surface area contributed by atoms with E-state index in [2.05, 4.69) is 151 Å². The van der Waals surface area contributed by atoms with Gasteiger partial charge in [0.25, 0.3) is 0 Å². The number of rotatable bonds is 6. The molecule has 0 N–H and O–H groups in total. The van der Waals surface area contributed by atoms with Crippen LogP contribution in [0.5, 0.6) is 0 Å². The van der Waals surface area contributed by atoms with Gasteiger partial charge in [-0.2, -0.15) is 0 Å². The number of fused-ring (bicyclic) bond motifs is 1. The van der Waals surface area contributed by atoms with E-state index in [-0.39, 0.29) is 0 Å². The van der Waals surface area contributed by atoms with Crippen LogP contribution in [0.4, 0.5) is 0 Å². The van der Waals surface area contributed by atoms with E-state index in [4.69, 9.17) is 0 Å². The van der Waals surface area contributed by atoms with E-state index in [1.54, 1.807) is 0 Å². The Morgan fingerprint density at radius 2 is 0.711 bits per heavy atom. The molecule has 2 unspecified atom stereocenters. The van der Waals surface area contributed by atoms with Gasteiger partial charge < -0.3 is 0 Å². The first-order valence-electron chi connectivity index (χ1n) is 15.1. The van der Waals surface area contributed by atoms with E-state index < -0.39 is 47.5 Å². The molecule has 0 amide bonds. The van der Waals surface area contributed by atoms with Crippen molar-refractivity contribution in [3.05, 3.63) is 72.8 Å². The summed E-state index contributed by atoms with van der Waals surface area (Å²) in [4.78, 5) is 0. The second kappa shape index (κ2) is 9.51. The fraction of sp³-hybridized carbons (Fsp3) is 0.562. The Bertz CT molecular complexity index is 1040. The quantitative estimate of drug-likeness (QED) is 0.227. The molecule has 0 spiro atoms. The van der Waals surface area contributed by atoms with Crippen LogP contribution < -0.4 is 10.4 Å². The first-order chi connectivity index (χ1) is 17.4. The minimum atomic E-state index is -2.13. The van der Waals surface area contributed by atoms with Crippen molar-refractivity contribution in [1.82, 2.24) is 0 Å². The maximum atomic E-state index is 2.81. The lowest BCUT2D eigenvalue weighted by Gasteiger charge is -2.79. The summed E-state index contributed by atoms with van der Waals surface area (Å²) < 4.78 is 1.15. The van der Waals surface area contributed by atoms with E-state index >= 15 is 0 Å². The van der Waals surface area contributed by atoms with Gasteiger partial charge in [0.05, 0.1) is 15.2 Å². The fourth-order valence-electron chi connectivity index (χ4n) is 11.7. The van der Waals surface area contributed by atoms with Gasteiger partial charge in [-0.25, -0.2) is 0 Å². The van der Waals surface area contributed by atoms with Crippen LogP contribution in [0.2, 0.25) is 99.2 Å². The van der Waals surface area contributed by atoms with E-state index in [0.29, 0.717) is 8.57 Å². The zero-order chi connectivity index (χ0) is 28.5. The Hall–Kier alpha value is -0.519. The molecule has 0 aromatic heterocycles. The maximum absolute atomic E-state index is 2.81. The van der Waals surface area contributed by atoms with Gasteiger partial charge >= 0.3 is 0 Å². The molecule has 1 fully saturated rings. The van der Waals surface area contributed by atoms with Crippen molar-refractivity contribution < 1.29 is 0 Å². The summed E-state index contributed by atoms with van der Waals surface area (Å²) in [5, 5.41) is 3.70. The summed E-state index contributed by atoms with van der Waals surface area (Å²) in [6.07, 6.45) is 8.49. The van der Waals surface area contributed by atoms with Crippen molar-refractivity contribution >= 4 is 57.9 Å². The monoisotopic (exact) mass is 608 g/mol. The van der Waals surface area contributed by atoms with Crippen LogP contribution in [-0.4, -0.2) is 47.5 Å². The molecule has 0 radical (unpaired) electrons. The summed E-state index contributed by atoms with van der Waals surface area (Å²) >= 11 is 0. The highest BCUT2D eigenvalue weighted by molar-refractivity contribution is 7.62. The molecule has 0 saturated carbocycles. The molecule has 2 aromatic carbocycles. The molecule has 208 valence electrons. The molecule has 0 nitrogen and oxygen atoms in total. The van der Waals surface area contributed by atoms with Crippen LogP contribution in [-0.2, 0) is 0 Å². The highest BCUT2D eigenvalue weighted by Crippen LogP contribution is 2.74. The van der Waals surface area contributed by atoms with Crippen molar-refractivity contribution in [3.8, 4) is 0 Å². The number of hydrogen-bond acceptors (Lipinski definition) is 0.